The molecule has 0 bridgehead atoms. The van der Waals surface area contributed by atoms with Crippen LogP contribution in [-0.4, -0.2) is 58.6 Å². The van der Waals surface area contributed by atoms with Crippen molar-refractivity contribution in [2.24, 2.45) is 16.6 Å². The van der Waals surface area contributed by atoms with Crippen molar-refractivity contribution in [2.45, 2.75) is 40.1 Å². The number of amides is 2. The van der Waals surface area contributed by atoms with E-state index in [1.807, 2.05) is 44.2 Å². The van der Waals surface area contributed by atoms with E-state index in [2.05, 4.69) is 10.3 Å². The summed E-state index contributed by atoms with van der Waals surface area (Å²) in [5.41, 5.74) is 8.50. The lowest BCUT2D eigenvalue weighted by atomic mass is 10.1. The summed E-state index contributed by atoms with van der Waals surface area (Å²) in [7, 11) is 0. The van der Waals surface area contributed by atoms with Crippen LogP contribution in [0.1, 0.15) is 31.9 Å². The van der Waals surface area contributed by atoms with Crippen molar-refractivity contribution in [1.29, 1.82) is 0 Å². The monoisotopic (exact) mass is 467 g/mol. The van der Waals surface area contributed by atoms with Crippen molar-refractivity contribution < 1.29 is 19.4 Å². The number of hydrogen-bond acceptors (Lipinski definition) is 7. The van der Waals surface area contributed by atoms with Gasteiger partial charge in [0.2, 0.25) is 5.91 Å². The van der Waals surface area contributed by atoms with Gasteiger partial charge in [-0.1, -0.05) is 44.2 Å². The fraction of sp³-hybridized carbons (Fsp3) is 0.400. The summed E-state index contributed by atoms with van der Waals surface area (Å²) in [6, 6.07) is 14.7. The largest absolute Gasteiger partial charge is 0.484 e. The third-order valence-electron chi connectivity index (χ3n) is 5.34. The number of rotatable bonds is 10. The molecule has 1 atom stereocenters. The van der Waals surface area contributed by atoms with Gasteiger partial charge in [0.25, 0.3) is 5.91 Å². The Bertz CT molecular complexity index is 1020. The van der Waals surface area contributed by atoms with Crippen LogP contribution >= 0.6 is 0 Å². The molecule has 0 radical (unpaired) electrons. The van der Waals surface area contributed by atoms with Gasteiger partial charge in [-0.15, -0.1) is 0 Å². The zero-order valence-corrected chi connectivity index (χ0v) is 19.9. The molecule has 182 valence electrons. The highest BCUT2D eigenvalue weighted by molar-refractivity contribution is 5.88. The molecular weight excluding hydrogens is 434 g/mol. The molecule has 1 aliphatic heterocycles. The van der Waals surface area contributed by atoms with Gasteiger partial charge in [0, 0.05) is 25.2 Å². The van der Waals surface area contributed by atoms with Gasteiger partial charge in [0.1, 0.15) is 12.0 Å². The highest BCUT2D eigenvalue weighted by Gasteiger charge is 2.22. The van der Waals surface area contributed by atoms with Crippen molar-refractivity contribution >= 4 is 23.5 Å². The maximum absolute atomic E-state index is 12.7. The number of nitrogens with two attached hydrogens (primary N) is 1. The van der Waals surface area contributed by atoms with Crippen molar-refractivity contribution in [1.82, 2.24) is 15.1 Å². The van der Waals surface area contributed by atoms with Crippen molar-refractivity contribution in [3.8, 4) is 5.75 Å². The quantitative estimate of drug-likeness (QED) is 0.460. The summed E-state index contributed by atoms with van der Waals surface area (Å²) in [4.78, 5) is 32.4. The molecule has 1 heterocycles. The SMILES string of the molecule is CC(C)CNC(=O)CN1Cc2cc(OCC(=O)N(Cc3ccccc3)C(C)O)ccc2N=C1N. The first-order chi connectivity index (χ1) is 16.2. The first-order valence-electron chi connectivity index (χ1n) is 11.4. The Morgan fingerprint density at radius 1 is 1.21 bits per heavy atom. The van der Waals surface area contributed by atoms with E-state index < -0.39 is 6.23 Å². The number of benzene rings is 2. The highest BCUT2D eigenvalue weighted by Crippen LogP contribution is 2.29. The van der Waals surface area contributed by atoms with Gasteiger partial charge in [-0.2, -0.15) is 0 Å². The second-order valence-corrected chi connectivity index (χ2v) is 8.74. The van der Waals surface area contributed by atoms with Crippen molar-refractivity contribution in [2.75, 3.05) is 19.7 Å². The molecule has 0 spiro atoms. The molecule has 34 heavy (non-hydrogen) atoms. The van der Waals surface area contributed by atoms with Crippen LogP contribution in [0.25, 0.3) is 0 Å². The molecule has 0 aliphatic carbocycles. The molecule has 1 aliphatic rings. The zero-order chi connectivity index (χ0) is 24.7. The lowest BCUT2D eigenvalue weighted by Gasteiger charge is -2.28. The number of aliphatic imine (C=N–C) groups is 1. The summed E-state index contributed by atoms with van der Waals surface area (Å²) < 4.78 is 5.73. The fourth-order valence-electron chi connectivity index (χ4n) is 3.49. The van der Waals surface area contributed by atoms with E-state index in [1.54, 1.807) is 30.0 Å². The van der Waals surface area contributed by atoms with E-state index in [4.69, 9.17) is 10.5 Å². The standard InChI is InChI=1S/C25H33N5O4/c1-17(2)12-27-23(32)15-29-14-20-11-21(9-10-22(20)28-25(29)26)34-16-24(33)30(18(3)31)13-19-7-5-4-6-8-19/h4-11,17-18,31H,12-16H2,1-3H3,(H2,26,28)(H,27,32). The van der Waals surface area contributed by atoms with Crippen LogP contribution in [0.4, 0.5) is 5.69 Å². The Morgan fingerprint density at radius 3 is 2.62 bits per heavy atom. The molecule has 0 fully saturated rings. The number of guanidine groups is 1. The highest BCUT2D eigenvalue weighted by atomic mass is 16.5. The maximum atomic E-state index is 12.7. The Balaban J connectivity index is 1.61. The number of carbonyl (C=O) groups is 2. The van der Waals surface area contributed by atoms with Gasteiger partial charge in [-0.3, -0.25) is 9.59 Å². The van der Waals surface area contributed by atoms with E-state index in [1.165, 1.54) is 4.90 Å². The molecule has 3 rings (SSSR count). The van der Waals surface area contributed by atoms with Crippen molar-refractivity contribution in [3.63, 3.8) is 0 Å². The molecule has 9 nitrogen and oxygen atoms in total. The van der Waals surface area contributed by atoms with Gasteiger partial charge < -0.3 is 30.7 Å². The minimum Gasteiger partial charge on any atom is -0.484 e. The molecule has 9 heteroatoms. The number of nitrogens with one attached hydrogen (secondary N) is 1. The van der Waals surface area contributed by atoms with Crippen LogP contribution in [0.2, 0.25) is 0 Å². The Morgan fingerprint density at radius 2 is 1.94 bits per heavy atom. The normalized spacial score (nSPS) is 13.7. The number of carbonyl (C=O) groups excluding carboxylic acids is 2. The van der Waals surface area contributed by atoms with Gasteiger partial charge in [-0.25, -0.2) is 4.99 Å². The smallest absolute Gasteiger partial charge is 0.262 e. The lowest BCUT2D eigenvalue weighted by molar-refractivity contribution is -0.143. The molecule has 0 aromatic heterocycles. The zero-order valence-electron chi connectivity index (χ0n) is 19.9. The van der Waals surface area contributed by atoms with Crippen LogP contribution in [0.5, 0.6) is 5.75 Å². The second-order valence-electron chi connectivity index (χ2n) is 8.74. The van der Waals surface area contributed by atoms with Gasteiger partial charge in [-0.05, 0) is 36.6 Å². The van der Waals surface area contributed by atoms with Crippen LogP contribution in [0.15, 0.2) is 53.5 Å². The van der Waals surface area contributed by atoms with Gasteiger partial charge >= 0.3 is 0 Å². The maximum Gasteiger partial charge on any atom is 0.262 e. The van der Waals surface area contributed by atoms with E-state index in [-0.39, 0.29) is 37.5 Å². The average molecular weight is 468 g/mol. The van der Waals surface area contributed by atoms with E-state index in [0.717, 1.165) is 11.1 Å². The van der Waals surface area contributed by atoms with E-state index >= 15 is 0 Å². The van der Waals surface area contributed by atoms with Gasteiger partial charge in [0.15, 0.2) is 12.6 Å². The van der Waals surface area contributed by atoms with Crippen LogP contribution in [-0.2, 0) is 22.7 Å². The minimum absolute atomic E-state index is 0.105. The minimum atomic E-state index is -0.951. The summed E-state index contributed by atoms with van der Waals surface area (Å²) >= 11 is 0. The number of hydrogen-bond donors (Lipinski definition) is 3. The molecule has 4 N–H and O–H groups in total. The number of fused-ring (bicyclic) bond motifs is 1. The number of aliphatic hydroxyl groups excluding tert-OH is 1. The Labute approximate surface area is 200 Å². The number of ether oxygens (including phenoxy) is 1. The topological polar surface area (TPSA) is 120 Å². The third kappa shape index (κ3) is 6.95. The summed E-state index contributed by atoms with van der Waals surface area (Å²) in [5, 5.41) is 13.0. The molecule has 2 amide bonds. The molecular formula is C25H33N5O4. The first-order valence-corrected chi connectivity index (χ1v) is 11.4. The average Bonchev–Trinajstić information content (AvgIpc) is 2.80. The molecule has 2 aromatic carbocycles. The van der Waals surface area contributed by atoms with Crippen LogP contribution in [0.3, 0.4) is 0 Å². The van der Waals surface area contributed by atoms with E-state index in [9.17, 15) is 14.7 Å². The molecule has 1 unspecified atom stereocenters. The second kappa shape index (κ2) is 11.5. The summed E-state index contributed by atoms with van der Waals surface area (Å²) in [6.07, 6.45) is -0.951. The summed E-state index contributed by atoms with van der Waals surface area (Å²) in [5.74, 6) is 0.686. The van der Waals surface area contributed by atoms with E-state index in [0.29, 0.717) is 30.4 Å². The predicted molar refractivity (Wildman–Crippen MR) is 130 cm³/mol. The Kier molecular flexibility index (Phi) is 8.48. The lowest BCUT2D eigenvalue weighted by Crippen LogP contribution is -2.45. The number of nitrogens with zero attached hydrogens (tertiary/aromatic N) is 3. The molecule has 0 saturated carbocycles. The first kappa shape index (κ1) is 25.0. The molecule has 0 saturated heterocycles. The van der Waals surface area contributed by atoms with Crippen LogP contribution in [0, 0.1) is 5.92 Å². The number of aliphatic hydroxyl groups is 1. The van der Waals surface area contributed by atoms with Crippen LogP contribution < -0.4 is 15.8 Å². The summed E-state index contributed by atoms with van der Waals surface area (Å²) in [6.45, 7) is 6.78. The third-order valence-corrected chi connectivity index (χ3v) is 5.34. The van der Waals surface area contributed by atoms with Crippen molar-refractivity contribution in [3.05, 3.63) is 59.7 Å². The van der Waals surface area contributed by atoms with Gasteiger partial charge in [0.05, 0.1) is 12.2 Å². The predicted octanol–water partition coefficient (Wildman–Crippen LogP) is 1.97. The fourth-order valence-corrected chi connectivity index (χ4v) is 3.49. The molecule has 2 aromatic rings. The Hall–Kier alpha value is -3.59.